The first-order valence-corrected chi connectivity index (χ1v) is 5.73. The van der Waals surface area contributed by atoms with Crippen molar-refractivity contribution < 1.29 is 9.53 Å². The van der Waals surface area contributed by atoms with Gasteiger partial charge < -0.3 is 10.5 Å². The lowest BCUT2D eigenvalue weighted by molar-refractivity contribution is -0.144. The fourth-order valence-corrected chi connectivity index (χ4v) is 1.75. The molecule has 0 bridgehead atoms. The Balaban J connectivity index is 3.49. The zero-order valence-corrected chi connectivity index (χ0v) is 9.39. The highest BCUT2D eigenvalue weighted by molar-refractivity contribution is 7.99. The zero-order chi connectivity index (χ0) is 10.3. The molecule has 2 N–H and O–H groups in total. The minimum atomic E-state index is -0.469. The van der Waals surface area contributed by atoms with E-state index in [4.69, 9.17) is 10.5 Å². The average molecular weight is 205 g/mol. The molecule has 0 spiro atoms. The summed E-state index contributed by atoms with van der Waals surface area (Å²) >= 11 is 1.70. The van der Waals surface area contributed by atoms with Crippen LogP contribution < -0.4 is 5.73 Å². The van der Waals surface area contributed by atoms with Crippen LogP contribution in [0.5, 0.6) is 0 Å². The van der Waals surface area contributed by atoms with Crippen molar-refractivity contribution in [2.45, 2.75) is 26.8 Å². The molecule has 0 rings (SSSR count). The summed E-state index contributed by atoms with van der Waals surface area (Å²) in [5, 5.41) is 0. The first kappa shape index (κ1) is 12.8. The molecule has 0 aromatic rings. The molecule has 1 atom stereocenters. The SMILES string of the molecule is CCOC(=O)[C@@H](N)CSCC(C)C. The number of thioether (sulfide) groups is 1. The molecule has 0 fully saturated rings. The van der Waals surface area contributed by atoms with Gasteiger partial charge in [-0.25, -0.2) is 0 Å². The van der Waals surface area contributed by atoms with E-state index in [2.05, 4.69) is 13.8 Å². The summed E-state index contributed by atoms with van der Waals surface area (Å²) in [7, 11) is 0. The zero-order valence-electron chi connectivity index (χ0n) is 8.58. The molecule has 0 saturated heterocycles. The largest absolute Gasteiger partial charge is 0.465 e. The normalized spacial score (nSPS) is 13.0. The second kappa shape index (κ2) is 7.21. The quantitative estimate of drug-likeness (QED) is 0.663. The van der Waals surface area contributed by atoms with Gasteiger partial charge in [0, 0.05) is 5.75 Å². The Kier molecular flexibility index (Phi) is 7.09. The van der Waals surface area contributed by atoms with Crippen LogP contribution in [0.2, 0.25) is 0 Å². The van der Waals surface area contributed by atoms with Gasteiger partial charge >= 0.3 is 5.97 Å². The number of carbonyl (C=O) groups is 1. The van der Waals surface area contributed by atoms with Crippen LogP contribution in [0.3, 0.4) is 0 Å². The molecular weight excluding hydrogens is 186 g/mol. The number of ether oxygens (including phenoxy) is 1. The number of esters is 1. The molecule has 0 aliphatic heterocycles. The molecule has 4 heteroatoms. The van der Waals surface area contributed by atoms with Gasteiger partial charge in [0.1, 0.15) is 6.04 Å². The van der Waals surface area contributed by atoms with Crippen LogP contribution in [0.25, 0.3) is 0 Å². The fourth-order valence-electron chi connectivity index (χ4n) is 0.748. The molecule has 13 heavy (non-hydrogen) atoms. The lowest BCUT2D eigenvalue weighted by Crippen LogP contribution is -2.34. The van der Waals surface area contributed by atoms with E-state index in [0.29, 0.717) is 18.3 Å². The van der Waals surface area contributed by atoms with E-state index in [1.54, 1.807) is 18.7 Å². The van der Waals surface area contributed by atoms with E-state index in [9.17, 15) is 4.79 Å². The third kappa shape index (κ3) is 6.90. The summed E-state index contributed by atoms with van der Waals surface area (Å²) in [6, 6.07) is -0.469. The number of rotatable bonds is 6. The maximum atomic E-state index is 11.1. The van der Waals surface area contributed by atoms with Crippen molar-refractivity contribution in [2.24, 2.45) is 11.7 Å². The summed E-state index contributed by atoms with van der Waals surface area (Å²) in [6.07, 6.45) is 0. The Labute approximate surface area is 84.4 Å². The van der Waals surface area contributed by atoms with Gasteiger partial charge in [-0.1, -0.05) is 13.8 Å². The van der Waals surface area contributed by atoms with Crippen molar-refractivity contribution in [3.8, 4) is 0 Å². The van der Waals surface area contributed by atoms with Crippen molar-refractivity contribution in [3.63, 3.8) is 0 Å². The maximum absolute atomic E-state index is 11.1. The molecule has 78 valence electrons. The van der Waals surface area contributed by atoms with Gasteiger partial charge in [-0.15, -0.1) is 0 Å². The summed E-state index contributed by atoms with van der Waals surface area (Å²) in [6.45, 7) is 6.47. The number of hydrogen-bond donors (Lipinski definition) is 1. The van der Waals surface area contributed by atoms with Crippen LogP contribution in [0.1, 0.15) is 20.8 Å². The third-order valence-electron chi connectivity index (χ3n) is 1.34. The maximum Gasteiger partial charge on any atom is 0.323 e. The van der Waals surface area contributed by atoms with Crippen LogP contribution in [-0.2, 0) is 9.53 Å². The van der Waals surface area contributed by atoms with Crippen LogP contribution in [0.15, 0.2) is 0 Å². The standard InChI is InChI=1S/C9H19NO2S/c1-4-12-9(11)8(10)6-13-5-7(2)3/h7-8H,4-6,10H2,1-3H3/t8-/m0/s1. The molecule has 0 aliphatic carbocycles. The van der Waals surface area contributed by atoms with E-state index >= 15 is 0 Å². The molecule has 0 aromatic heterocycles. The van der Waals surface area contributed by atoms with Gasteiger partial charge in [0.05, 0.1) is 6.61 Å². The molecule has 3 nitrogen and oxygen atoms in total. The van der Waals surface area contributed by atoms with Gasteiger partial charge in [0.15, 0.2) is 0 Å². The Bertz CT molecular complexity index is 151. The molecular formula is C9H19NO2S. The van der Waals surface area contributed by atoms with E-state index in [0.717, 1.165) is 5.75 Å². The van der Waals surface area contributed by atoms with Crippen LogP contribution in [0.4, 0.5) is 0 Å². The fraction of sp³-hybridized carbons (Fsp3) is 0.889. The monoisotopic (exact) mass is 205 g/mol. The van der Waals surface area contributed by atoms with Crippen molar-refractivity contribution in [1.29, 1.82) is 0 Å². The summed E-state index contributed by atoms with van der Waals surface area (Å²) in [5.41, 5.74) is 5.59. The number of carbonyl (C=O) groups excluding carboxylic acids is 1. The first-order valence-electron chi connectivity index (χ1n) is 4.57. The highest BCUT2D eigenvalue weighted by Crippen LogP contribution is 2.08. The Morgan fingerprint density at radius 2 is 2.08 bits per heavy atom. The Hall–Kier alpha value is -0.220. The minimum Gasteiger partial charge on any atom is -0.465 e. The second-order valence-corrected chi connectivity index (χ2v) is 4.36. The highest BCUT2D eigenvalue weighted by atomic mass is 32.2. The second-order valence-electron chi connectivity index (χ2n) is 3.29. The van der Waals surface area contributed by atoms with E-state index in [1.807, 2.05) is 0 Å². The molecule has 0 radical (unpaired) electrons. The summed E-state index contributed by atoms with van der Waals surface area (Å²) in [5.74, 6) is 2.03. The van der Waals surface area contributed by atoms with E-state index < -0.39 is 6.04 Å². The van der Waals surface area contributed by atoms with Crippen LogP contribution >= 0.6 is 11.8 Å². The minimum absolute atomic E-state index is 0.293. The number of hydrogen-bond acceptors (Lipinski definition) is 4. The van der Waals surface area contributed by atoms with Crippen molar-refractivity contribution >= 4 is 17.7 Å². The molecule has 0 amide bonds. The highest BCUT2D eigenvalue weighted by Gasteiger charge is 2.13. The lowest BCUT2D eigenvalue weighted by Gasteiger charge is -2.10. The van der Waals surface area contributed by atoms with Crippen molar-refractivity contribution in [2.75, 3.05) is 18.1 Å². The first-order chi connectivity index (χ1) is 6.07. The smallest absolute Gasteiger partial charge is 0.323 e. The van der Waals surface area contributed by atoms with E-state index in [-0.39, 0.29) is 5.97 Å². The molecule has 0 saturated carbocycles. The topological polar surface area (TPSA) is 52.3 Å². The van der Waals surface area contributed by atoms with Gasteiger partial charge in [-0.05, 0) is 18.6 Å². The molecule has 0 aromatic carbocycles. The summed E-state index contributed by atoms with van der Waals surface area (Å²) < 4.78 is 4.78. The van der Waals surface area contributed by atoms with Crippen molar-refractivity contribution in [3.05, 3.63) is 0 Å². The third-order valence-corrected chi connectivity index (χ3v) is 2.84. The van der Waals surface area contributed by atoms with Gasteiger partial charge in [-0.2, -0.15) is 11.8 Å². The van der Waals surface area contributed by atoms with Crippen LogP contribution in [0, 0.1) is 5.92 Å². The van der Waals surface area contributed by atoms with E-state index in [1.165, 1.54) is 0 Å². The lowest BCUT2D eigenvalue weighted by atomic mass is 10.3. The van der Waals surface area contributed by atoms with Gasteiger partial charge in [0.2, 0.25) is 0 Å². The van der Waals surface area contributed by atoms with Gasteiger partial charge in [0.25, 0.3) is 0 Å². The Morgan fingerprint density at radius 3 is 2.54 bits per heavy atom. The average Bonchev–Trinajstić information content (AvgIpc) is 2.04. The Morgan fingerprint density at radius 1 is 1.46 bits per heavy atom. The van der Waals surface area contributed by atoms with Crippen LogP contribution in [-0.4, -0.2) is 30.1 Å². The molecule has 0 aliphatic rings. The summed E-state index contributed by atoms with van der Waals surface area (Å²) in [4.78, 5) is 11.1. The molecule has 0 heterocycles. The van der Waals surface area contributed by atoms with Crippen molar-refractivity contribution in [1.82, 2.24) is 0 Å². The van der Waals surface area contributed by atoms with Gasteiger partial charge in [-0.3, -0.25) is 4.79 Å². The molecule has 0 unspecified atom stereocenters. The predicted molar refractivity (Wildman–Crippen MR) is 56.8 cm³/mol. The number of nitrogens with two attached hydrogens (primary N) is 1. The predicted octanol–water partition coefficient (Wildman–Crippen LogP) is 1.27.